The van der Waals surface area contributed by atoms with Crippen LogP contribution in [0.25, 0.3) is 0 Å². The van der Waals surface area contributed by atoms with Crippen molar-refractivity contribution in [2.45, 2.75) is 64.2 Å². The largest absolute Gasteiger partial charge is 0.374 e. The van der Waals surface area contributed by atoms with Gasteiger partial charge in [-0.3, -0.25) is 0 Å². The maximum Gasteiger partial charge on any atom is 0.0729 e. The molecule has 1 saturated carbocycles. The third-order valence-electron chi connectivity index (χ3n) is 2.61. The Kier molecular flexibility index (Phi) is 4.02. The molecule has 0 saturated heterocycles. The predicted octanol–water partition coefficient (Wildman–Crippen LogP) is 2.07. The average molecular weight is 171 g/mol. The summed E-state index contributed by atoms with van der Waals surface area (Å²) in [6.07, 6.45) is 6.63. The summed E-state index contributed by atoms with van der Waals surface area (Å²) in [5.74, 6) is 0. The van der Waals surface area contributed by atoms with E-state index >= 15 is 0 Å². The van der Waals surface area contributed by atoms with E-state index in [9.17, 15) is 0 Å². The molecule has 2 heteroatoms. The molecule has 2 nitrogen and oxygen atoms in total. The van der Waals surface area contributed by atoms with Crippen molar-refractivity contribution >= 4 is 0 Å². The SMILES string of the molecule is CCCC(C)OC1CCCC1N. The van der Waals surface area contributed by atoms with Gasteiger partial charge in [0.25, 0.3) is 0 Å². The van der Waals surface area contributed by atoms with Gasteiger partial charge in [0, 0.05) is 6.04 Å². The van der Waals surface area contributed by atoms with Crippen molar-refractivity contribution in [1.82, 2.24) is 0 Å². The summed E-state index contributed by atoms with van der Waals surface area (Å²) in [6.45, 7) is 4.34. The Hall–Kier alpha value is -0.0800. The van der Waals surface area contributed by atoms with E-state index in [-0.39, 0.29) is 0 Å². The van der Waals surface area contributed by atoms with Crippen molar-refractivity contribution in [2.24, 2.45) is 5.73 Å². The maximum atomic E-state index is 5.90. The lowest BCUT2D eigenvalue weighted by atomic mass is 10.2. The van der Waals surface area contributed by atoms with Gasteiger partial charge in [0.2, 0.25) is 0 Å². The Bertz CT molecular complexity index is 127. The van der Waals surface area contributed by atoms with Crippen molar-refractivity contribution in [2.75, 3.05) is 0 Å². The third kappa shape index (κ3) is 2.76. The van der Waals surface area contributed by atoms with Crippen LogP contribution in [0.15, 0.2) is 0 Å². The second-order valence-electron chi connectivity index (χ2n) is 3.87. The van der Waals surface area contributed by atoms with Gasteiger partial charge < -0.3 is 10.5 Å². The Morgan fingerprint density at radius 3 is 2.75 bits per heavy atom. The van der Waals surface area contributed by atoms with Crippen molar-refractivity contribution in [3.8, 4) is 0 Å². The van der Waals surface area contributed by atoms with Gasteiger partial charge in [-0.2, -0.15) is 0 Å². The molecule has 2 N–H and O–H groups in total. The smallest absolute Gasteiger partial charge is 0.0729 e. The Morgan fingerprint density at radius 1 is 1.50 bits per heavy atom. The molecule has 1 rings (SSSR count). The predicted molar refractivity (Wildman–Crippen MR) is 51.1 cm³/mol. The summed E-state index contributed by atoms with van der Waals surface area (Å²) in [7, 11) is 0. The van der Waals surface area contributed by atoms with Gasteiger partial charge >= 0.3 is 0 Å². The van der Waals surface area contributed by atoms with Crippen LogP contribution in [0, 0.1) is 0 Å². The zero-order valence-corrected chi connectivity index (χ0v) is 8.25. The van der Waals surface area contributed by atoms with Crippen LogP contribution in [0.5, 0.6) is 0 Å². The highest BCUT2D eigenvalue weighted by molar-refractivity contribution is 4.81. The third-order valence-corrected chi connectivity index (χ3v) is 2.61. The molecule has 3 atom stereocenters. The van der Waals surface area contributed by atoms with Crippen LogP contribution in [-0.2, 0) is 4.74 Å². The lowest BCUT2D eigenvalue weighted by Gasteiger charge is -2.21. The lowest BCUT2D eigenvalue weighted by molar-refractivity contribution is -0.00981. The molecule has 3 unspecified atom stereocenters. The molecule has 12 heavy (non-hydrogen) atoms. The van der Waals surface area contributed by atoms with Crippen molar-refractivity contribution in [1.29, 1.82) is 0 Å². The lowest BCUT2D eigenvalue weighted by Crippen LogP contribution is -2.33. The van der Waals surface area contributed by atoms with Gasteiger partial charge in [-0.25, -0.2) is 0 Å². The summed E-state index contributed by atoms with van der Waals surface area (Å²) in [4.78, 5) is 0. The maximum absolute atomic E-state index is 5.90. The van der Waals surface area contributed by atoms with E-state index in [1.54, 1.807) is 0 Å². The van der Waals surface area contributed by atoms with Crippen molar-refractivity contribution in [3.63, 3.8) is 0 Å². The molecule has 0 aromatic rings. The molecule has 0 spiro atoms. The highest BCUT2D eigenvalue weighted by Crippen LogP contribution is 2.22. The Morgan fingerprint density at radius 2 is 2.25 bits per heavy atom. The molecule has 0 aliphatic heterocycles. The molecule has 1 aliphatic rings. The summed E-state index contributed by atoms with van der Waals surface area (Å²) < 4.78 is 5.84. The number of rotatable bonds is 4. The van der Waals surface area contributed by atoms with E-state index in [0.717, 1.165) is 19.3 Å². The molecule has 72 valence electrons. The minimum Gasteiger partial charge on any atom is -0.374 e. The summed E-state index contributed by atoms with van der Waals surface area (Å²) >= 11 is 0. The zero-order chi connectivity index (χ0) is 8.97. The average Bonchev–Trinajstić information content (AvgIpc) is 2.37. The summed E-state index contributed by atoms with van der Waals surface area (Å²) in [6, 6.07) is 0.296. The van der Waals surface area contributed by atoms with Gasteiger partial charge in [0.1, 0.15) is 0 Å². The minimum absolute atomic E-state index is 0.296. The molecule has 0 amide bonds. The van der Waals surface area contributed by atoms with Gasteiger partial charge in [-0.1, -0.05) is 13.3 Å². The second-order valence-corrected chi connectivity index (χ2v) is 3.87. The molecular weight excluding hydrogens is 150 g/mol. The summed E-state index contributed by atoms with van der Waals surface area (Å²) in [5.41, 5.74) is 5.90. The standard InChI is InChI=1S/C10H21NO/c1-3-5-8(2)12-10-7-4-6-9(10)11/h8-10H,3-7,11H2,1-2H3. The summed E-state index contributed by atoms with van der Waals surface area (Å²) in [5, 5.41) is 0. The minimum atomic E-state index is 0.296. The van der Waals surface area contributed by atoms with Gasteiger partial charge in [0.15, 0.2) is 0 Å². The van der Waals surface area contributed by atoms with E-state index < -0.39 is 0 Å². The molecule has 1 aliphatic carbocycles. The number of ether oxygens (including phenoxy) is 1. The molecule has 1 fully saturated rings. The molecular formula is C10H21NO. The van der Waals surface area contributed by atoms with Crippen LogP contribution >= 0.6 is 0 Å². The second kappa shape index (κ2) is 4.83. The van der Waals surface area contributed by atoms with Crippen molar-refractivity contribution < 1.29 is 4.74 Å². The highest BCUT2D eigenvalue weighted by atomic mass is 16.5. The van der Waals surface area contributed by atoms with Crippen LogP contribution in [0.1, 0.15) is 46.0 Å². The first-order valence-corrected chi connectivity index (χ1v) is 5.15. The van der Waals surface area contributed by atoms with Crippen LogP contribution in [0.2, 0.25) is 0 Å². The van der Waals surface area contributed by atoms with Gasteiger partial charge in [-0.05, 0) is 32.6 Å². The molecule has 0 bridgehead atoms. The topological polar surface area (TPSA) is 35.2 Å². The quantitative estimate of drug-likeness (QED) is 0.702. The van der Waals surface area contributed by atoms with Crippen LogP contribution < -0.4 is 5.73 Å². The van der Waals surface area contributed by atoms with E-state index in [1.165, 1.54) is 12.8 Å². The molecule has 0 heterocycles. The first-order valence-electron chi connectivity index (χ1n) is 5.15. The first-order chi connectivity index (χ1) is 5.74. The fourth-order valence-corrected chi connectivity index (χ4v) is 1.90. The fraction of sp³-hybridized carbons (Fsp3) is 1.00. The van der Waals surface area contributed by atoms with Gasteiger partial charge in [0.05, 0.1) is 12.2 Å². The van der Waals surface area contributed by atoms with Crippen LogP contribution in [0.3, 0.4) is 0 Å². The van der Waals surface area contributed by atoms with Crippen molar-refractivity contribution in [3.05, 3.63) is 0 Å². The van der Waals surface area contributed by atoms with Crippen LogP contribution in [0.4, 0.5) is 0 Å². The zero-order valence-electron chi connectivity index (χ0n) is 8.25. The normalized spacial score (nSPS) is 32.2. The highest BCUT2D eigenvalue weighted by Gasteiger charge is 2.25. The Labute approximate surface area is 75.5 Å². The molecule has 0 aromatic heterocycles. The van der Waals surface area contributed by atoms with E-state index in [1.807, 2.05) is 0 Å². The van der Waals surface area contributed by atoms with E-state index in [4.69, 9.17) is 10.5 Å². The first kappa shape index (κ1) is 10.0. The number of hydrogen-bond acceptors (Lipinski definition) is 2. The number of hydrogen-bond donors (Lipinski definition) is 1. The Balaban J connectivity index is 2.20. The van der Waals surface area contributed by atoms with Crippen LogP contribution in [-0.4, -0.2) is 18.2 Å². The van der Waals surface area contributed by atoms with Gasteiger partial charge in [-0.15, -0.1) is 0 Å². The number of nitrogens with two attached hydrogens (primary N) is 1. The monoisotopic (exact) mass is 171 g/mol. The molecule has 0 radical (unpaired) electrons. The van der Waals surface area contributed by atoms with E-state index in [0.29, 0.717) is 18.2 Å². The molecule has 0 aromatic carbocycles. The van der Waals surface area contributed by atoms with E-state index in [2.05, 4.69) is 13.8 Å². The fourth-order valence-electron chi connectivity index (χ4n) is 1.90.